The number of amidine groups is 1. The van der Waals surface area contributed by atoms with Crippen molar-refractivity contribution in [2.75, 3.05) is 11.9 Å². The van der Waals surface area contributed by atoms with Crippen LogP contribution < -0.4 is 5.32 Å². The molecule has 1 aliphatic rings. The van der Waals surface area contributed by atoms with Gasteiger partial charge in [-0.1, -0.05) is 0 Å². The molecule has 0 spiro atoms. The van der Waals surface area contributed by atoms with E-state index in [0.29, 0.717) is 0 Å². The van der Waals surface area contributed by atoms with Crippen molar-refractivity contribution in [1.29, 1.82) is 0 Å². The average molecular weight is 164 g/mol. The smallest absolute Gasteiger partial charge is 0.153 e. The Bertz CT molecular complexity index is 300. The lowest BCUT2D eigenvalue weighted by atomic mass is 10.3. The van der Waals surface area contributed by atoms with Gasteiger partial charge in [-0.3, -0.25) is 10.1 Å². The van der Waals surface area contributed by atoms with Crippen molar-refractivity contribution in [1.82, 2.24) is 10.2 Å². The first-order valence-electron chi connectivity index (χ1n) is 4.17. The van der Waals surface area contributed by atoms with E-state index in [1.54, 1.807) is 0 Å². The molecule has 1 aromatic heterocycles. The van der Waals surface area contributed by atoms with Gasteiger partial charge in [-0.25, -0.2) is 0 Å². The number of anilines is 1. The quantitative estimate of drug-likeness (QED) is 0.657. The van der Waals surface area contributed by atoms with Gasteiger partial charge in [0, 0.05) is 24.7 Å². The molecule has 64 valence electrons. The number of nitrogens with one attached hydrogen (secondary N) is 2. The Kier molecular flexibility index (Phi) is 1.81. The van der Waals surface area contributed by atoms with Crippen molar-refractivity contribution in [2.45, 2.75) is 19.8 Å². The first kappa shape index (κ1) is 7.34. The Hall–Kier alpha value is -1.32. The summed E-state index contributed by atoms with van der Waals surface area (Å²) < 4.78 is 0. The lowest BCUT2D eigenvalue weighted by Gasteiger charge is -1.98. The van der Waals surface area contributed by atoms with Crippen molar-refractivity contribution in [2.24, 2.45) is 4.99 Å². The maximum Gasteiger partial charge on any atom is 0.153 e. The molecule has 0 fully saturated rings. The van der Waals surface area contributed by atoms with E-state index in [4.69, 9.17) is 0 Å². The highest BCUT2D eigenvalue weighted by atomic mass is 15.2. The zero-order valence-corrected chi connectivity index (χ0v) is 7.09. The van der Waals surface area contributed by atoms with E-state index in [0.717, 1.165) is 36.7 Å². The Morgan fingerprint density at radius 3 is 3.08 bits per heavy atom. The van der Waals surface area contributed by atoms with Crippen LogP contribution >= 0.6 is 0 Å². The molecule has 0 unspecified atom stereocenters. The van der Waals surface area contributed by atoms with Crippen LogP contribution in [0.25, 0.3) is 0 Å². The van der Waals surface area contributed by atoms with Crippen molar-refractivity contribution in [3.63, 3.8) is 0 Å². The van der Waals surface area contributed by atoms with Gasteiger partial charge in [0.15, 0.2) is 5.82 Å². The van der Waals surface area contributed by atoms with Gasteiger partial charge in [0.05, 0.1) is 0 Å². The highest BCUT2D eigenvalue weighted by Gasteiger charge is 2.06. The third-order valence-corrected chi connectivity index (χ3v) is 1.85. The minimum absolute atomic E-state index is 0.869. The van der Waals surface area contributed by atoms with E-state index >= 15 is 0 Å². The molecule has 1 aliphatic heterocycles. The number of aromatic amines is 1. The van der Waals surface area contributed by atoms with Gasteiger partial charge in [-0.05, 0) is 13.3 Å². The summed E-state index contributed by atoms with van der Waals surface area (Å²) in [5.74, 6) is 1.93. The van der Waals surface area contributed by atoms with Crippen LogP contribution in [0.1, 0.15) is 18.5 Å². The molecule has 0 amide bonds. The number of H-pyrrole nitrogens is 1. The van der Waals surface area contributed by atoms with Gasteiger partial charge >= 0.3 is 0 Å². The molecule has 1 aromatic rings. The van der Waals surface area contributed by atoms with Crippen molar-refractivity contribution in [3.8, 4) is 0 Å². The third-order valence-electron chi connectivity index (χ3n) is 1.85. The van der Waals surface area contributed by atoms with Crippen LogP contribution in [0.2, 0.25) is 0 Å². The number of rotatable bonds is 1. The standard InChI is InChI=1S/C8H12N4/c1-6-5-8(12-11-6)10-7-3-2-4-9-7/h5H,2-4H2,1H3,(H2,9,10,11,12). The Morgan fingerprint density at radius 1 is 1.58 bits per heavy atom. The van der Waals surface area contributed by atoms with Crippen molar-refractivity contribution in [3.05, 3.63) is 11.8 Å². The lowest BCUT2D eigenvalue weighted by Crippen LogP contribution is -2.08. The van der Waals surface area contributed by atoms with Crippen molar-refractivity contribution >= 4 is 11.7 Å². The molecule has 4 nitrogen and oxygen atoms in total. The normalized spacial score (nSPS) is 16.2. The van der Waals surface area contributed by atoms with Crippen molar-refractivity contribution < 1.29 is 0 Å². The summed E-state index contributed by atoms with van der Waals surface area (Å²) in [5.41, 5.74) is 1.07. The summed E-state index contributed by atoms with van der Waals surface area (Å²) in [6, 6.07) is 1.97. The van der Waals surface area contributed by atoms with E-state index in [1.807, 2.05) is 13.0 Å². The monoisotopic (exact) mass is 164 g/mol. The van der Waals surface area contributed by atoms with Crippen LogP contribution in [0.5, 0.6) is 0 Å². The largest absolute Gasteiger partial charge is 0.327 e. The summed E-state index contributed by atoms with van der Waals surface area (Å²) in [6.45, 7) is 2.93. The molecular weight excluding hydrogens is 152 g/mol. The Labute approximate surface area is 71.1 Å². The summed E-state index contributed by atoms with van der Waals surface area (Å²) >= 11 is 0. The zero-order chi connectivity index (χ0) is 8.39. The van der Waals surface area contributed by atoms with Gasteiger partial charge < -0.3 is 5.32 Å². The molecule has 2 N–H and O–H groups in total. The second-order valence-corrected chi connectivity index (χ2v) is 2.99. The molecular formula is C8H12N4. The zero-order valence-electron chi connectivity index (χ0n) is 7.09. The van der Waals surface area contributed by atoms with Gasteiger partial charge in [-0.2, -0.15) is 5.10 Å². The maximum absolute atomic E-state index is 4.29. The van der Waals surface area contributed by atoms with Gasteiger partial charge in [0.25, 0.3) is 0 Å². The maximum atomic E-state index is 4.29. The molecule has 2 rings (SSSR count). The van der Waals surface area contributed by atoms with E-state index < -0.39 is 0 Å². The van der Waals surface area contributed by atoms with Crippen LogP contribution in [0.4, 0.5) is 5.82 Å². The highest BCUT2D eigenvalue weighted by molar-refractivity contribution is 5.95. The molecule has 4 heteroatoms. The number of hydrogen-bond acceptors (Lipinski definition) is 3. The molecule has 2 heterocycles. The van der Waals surface area contributed by atoms with Crippen LogP contribution in [-0.2, 0) is 0 Å². The Morgan fingerprint density at radius 2 is 2.50 bits per heavy atom. The fraction of sp³-hybridized carbons (Fsp3) is 0.500. The molecule has 0 bridgehead atoms. The topological polar surface area (TPSA) is 53.1 Å². The molecule has 0 saturated heterocycles. The van der Waals surface area contributed by atoms with E-state index in [-0.39, 0.29) is 0 Å². The molecule has 0 atom stereocenters. The van der Waals surface area contributed by atoms with Gasteiger partial charge in [0.1, 0.15) is 5.84 Å². The summed E-state index contributed by atoms with van der Waals surface area (Å²) in [6.07, 6.45) is 2.21. The van der Waals surface area contributed by atoms with E-state index in [9.17, 15) is 0 Å². The first-order chi connectivity index (χ1) is 5.84. The van der Waals surface area contributed by atoms with E-state index in [2.05, 4.69) is 20.5 Å². The predicted octanol–water partition coefficient (Wildman–Crippen LogP) is 1.32. The number of aryl methyl sites for hydroxylation is 1. The van der Waals surface area contributed by atoms with Crippen LogP contribution in [0.3, 0.4) is 0 Å². The molecule has 12 heavy (non-hydrogen) atoms. The predicted molar refractivity (Wildman–Crippen MR) is 48.5 cm³/mol. The summed E-state index contributed by atoms with van der Waals surface area (Å²) in [4.78, 5) is 4.29. The molecule has 0 aromatic carbocycles. The van der Waals surface area contributed by atoms with Crippen LogP contribution in [0.15, 0.2) is 11.1 Å². The summed E-state index contributed by atoms with van der Waals surface area (Å²) in [7, 11) is 0. The van der Waals surface area contributed by atoms with Crippen LogP contribution in [0, 0.1) is 6.92 Å². The van der Waals surface area contributed by atoms with Crippen LogP contribution in [-0.4, -0.2) is 22.6 Å². The lowest BCUT2D eigenvalue weighted by molar-refractivity contribution is 0.950. The summed E-state index contributed by atoms with van der Waals surface area (Å²) in [5, 5.41) is 10.1. The number of aliphatic imine (C=N–C) groups is 1. The molecule has 0 aliphatic carbocycles. The second kappa shape index (κ2) is 2.97. The fourth-order valence-corrected chi connectivity index (χ4v) is 1.27. The first-order valence-corrected chi connectivity index (χ1v) is 4.17. The highest BCUT2D eigenvalue weighted by Crippen LogP contribution is 2.09. The third kappa shape index (κ3) is 1.47. The minimum atomic E-state index is 0.869. The van der Waals surface area contributed by atoms with E-state index in [1.165, 1.54) is 0 Å². The fourth-order valence-electron chi connectivity index (χ4n) is 1.27. The number of aromatic nitrogens is 2. The number of hydrogen-bond donors (Lipinski definition) is 2. The average Bonchev–Trinajstić information content (AvgIpc) is 2.63. The molecule has 0 radical (unpaired) electrons. The van der Waals surface area contributed by atoms with Gasteiger partial charge in [-0.15, -0.1) is 0 Å². The SMILES string of the molecule is Cc1cc(NC2=NCCC2)n[nH]1. The van der Waals surface area contributed by atoms with Gasteiger partial charge in [0.2, 0.25) is 0 Å². The Balaban J connectivity index is 2.03. The number of nitrogens with zero attached hydrogens (tertiary/aromatic N) is 2. The second-order valence-electron chi connectivity index (χ2n) is 2.99. The molecule has 0 saturated carbocycles. The minimum Gasteiger partial charge on any atom is -0.327 e.